The number of nitrogens with one attached hydrogen (secondary N) is 1. The number of amides is 1. The normalized spacial score (nSPS) is 17.5. The van der Waals surface area contributed by atoms with Crippen molar-refractivity contribution in [2.45, 2.75) is 52.5 Å². The average Bonchev–Trinajstić information content (AvgIpc) is 3.05. The third-order valence-corrected chi connectivity index (χ3v) is 6.83. The summed E-state index contributed by atoms with van der Waals surface area (Å²) in [6.07, 6.45) is 3.94. The van der Waals surface area contributed by atoms with Gasteiger partial charge in [0.2, 0.25) is 0 Å². The number of halogens is 1. The van der Waals surface area contributed by atoms with Gasteiger partial charge in [0.05, 0.1) is 22.9 Å². The molecule has 32 heavy (non-hydrogen) atoms. The molecule has 0 saturated carbocycles. The van der Waals surface area contributed by atoms with E-state index in [1.165, 1.54) is 0 Å². The molecule has 1 spiro atoms. The third-order valence-electron chi connectivity index (χ3n) is 6.51. The van der Waals surface area contributed by atoms with Crippen molar-refractivity contribution in [1.82, 2.24) is 15.1 Å². The van der Waals surface area contributed by atoms with E-state index < -0.39 is 5.97 Å². The lowest BCUT2D eigenvalue weighted by atomic mass is 9.75. The summed E-state index contributed by atoms with van der Waals surface area (Å²) in [6.45, 7) is 6.92. The summed E-state index contributed by atoms with van der Waals surface area (Å²) in [5.74, 6) is -0.474. The molecule has 1 N–H and O–H groups in total. The Balaban J connectivity index is 1.45. The summed E-state index contributed by atoms with van der Waals surface area (Å²) in [5, 5.41) is 8.26. The number of aryl methyl sites for hydroxylation is 3. The molecule has 0 atom stereocenters. The second-order valence-corrected chi connectivity index (χ2v) is 9.19. The molecule has 2 aliphatic rings. The minimum absolute atomic E-state index is 0.0180. The number of fused-ring (bicyclic) bond motifs is 1. The summed E-state index contributed by atoms with van der Waals surface area (Å²) in [5.41, 5.74) is 4.02. The van der Waals surface area contributed by atoms with Gasteiger partial charge in [-0.2, -0.15) is 5.10 Å². The van der Waals surface area contributed by atoms with Crippen molar-refractivity contribution in [1.29, 1.82) is 0 Å². The van der Waals surface area contributed by atoms with Crippen molar-refractivity contribution in [3.63, 3.8) is 0 Å². The van der Waals surface area contributed by atoms with Crippen molar-refractivity contribution in [3.05, 3.63) is 51.3 Å². The van der Waals surface area contributed by atoms with Gasteiger partial charge in [-0.1, -0.05) is 17.7 Å². The molecule has 1 fully saturated rings. The first-order valence-electron chi connectivity index (χ1n) is 11.3. The third kappa shape index (κ3) is 4.69. The van der Waals surface area contributed by atoms with Crippen LogP contribution < -0.4 is 5.32 Å². The number of hydrogen-bond acceptors (Lipinski definition) is 5. The summed E-state index contributed by atoms with van der Waals surface area (Å²) in [7, 11) is 0. The summed E-state index contributed by atoms with van der Waals surface area (Å²) in [4.78, 5) is 25.2. The lowest BCUT2D eigenvalue weighted by Crippen LogP contribution is -2.40. The molecule has 0 radical (unpaired) electrons. The van der Waals surface area contributed by atoms with Crippen LogP contribution in [0.15, 0.2) is 18.2 Å². The van der Waals surface area contributed by atoms with E-state index in [1.807, 2.05) is 19.9 Å². The molecule has 0 unspecified atom stereocenters. The highest BCUT2D eigenvalue weighted by atomic mass is 35.5. The van der Waals surface area contributed by atoms with Crippen molar-refractivity contribution >= 4 is 23.5 Å². The Morgan fingerprint density at radius 1 is 1.34 bits per heavy atom. The Morgan fingerprint density at radius 3 is 2.84 bits per heavy atom. The van der Waals surface area contributed by atoms with Gasteiger partial charge in [-0.05, 0) is 69.1 Å². The van der Waals surface area contributed by atoms with Crippen LogP contribution in [0.2, 0.25) is 5.02 Å². The monoisotopic (exact) mass is 459 g/mol. The van der Waals surface area contributed by atoms with Crippen LogP contribution in [-0.2, 0) is 28.9 Å². The standard InChI is InChI=1S/C24H30ClN3O4/c1-3-28-21-18(14-24(15-26-22(21)29)8-11-31-12-9-24)20(27-28)5-4-10-32-23(30)17-7-6-16(2)13-19(17)25/h6-7,13H,3-5,8-12,14-15H2,1-2H3,(H,26,29). The number of hydrogen-bond donors (Lipinski definition) is 1. The molecule has 2 aromatic rings. The van der Waals surface area contributed by atoms with E-state index in [-0.39, 0.29) is 17.9 Å². The van der Waals surface area contributed by atoms with Gasteiger partial charge in [0, 0.05) is 31.9 Å². The number of esters is 1. The van der Waals surface area contributed by atoms with E-state index in [4.69, 9.17) is 26.2 Å². The number of nitrogens with zero attached hydrogens (tertiary/aromatic N) is 2. The van der Waals surface area contributed by atoms with Gasteiger partial charge in [0.1, 0.15) is 5.69 Å². The van der Waals surface area contributed by atoms with E-state index in [2.05, 4.69) is 5.32 Å². The van der Waals surface area contributed by atoms with E-state index in [0.29, 0.717) is 42.2 Å². The van der Waals surface area contributed by atoms with Crippen LogP contribution in [0.1, 0.15) is 63.9 Å². The first-order valence-corrected chi connectivity index (χ1v) is 11.7. The minimum Gasteiger partial charge on any atom is -0.462 e. The molecule has 1 aromatic carbocycles. The van der Waals surface area contributed by atoms with Crippen LogP contribution in [-0.4, -0.2) is 48.0 Å². The summed E-state index contributed by atoms with van der Waals surface area (Å²) < 4.78 is 12.8. The van der Waals surface area contributed by atoms with Crippen LogP contribution in [0.25, 0.3) is 0 Å². The van der Waals surface area contributed by atoms with Gasteiger partial charge in [0.15, 0.2) is 0 Å². The Morgan fingerprint density at radius 2 is 2.12 bits per heavy atom. The highest BCUT2D eigenvalue weighted by molar-refractivity contribution is 6.33. The topological polar surface area (TPSA) is 82.5 Å². The Kier molecular flexibility index (Phi) is 6.86. The Bertz CT molecular complexity index is 1010. The molecule has 172 valence electrons. The molecule has 2 aliphatic heterocycles. The van der Waals surface area contributed by atoms with E-state index >= 15 is 0 Å². The highest BCUT2D eigenvalue weighted by Crippen LogP contribution is 2.37. The maximum atomic E-state index is 12.9. The molecule has 0 aliphatic carbocycles. The molecular formula is C24H30ClN3O4. The van der Waals surface area contributed by atoms with Gasteiger partial charge >= 0.3 is 5.97 Å². The van der Waals surface area contributed by atoms with Crippen LogP contribution in [0.5, 0.6) is 0 Å². The van der Waals surface area contributed by atoms with E-state index in [0.717, 1.165) is 49.3 Å². The Hall–Kier alpha value is -2.38. The van der Waals surface area contributed by atoms with Crippen molar-refractivity contribution in [2.75, 3.05) is 26.4 Å². The fraction of sp³-hybridized carbons (Fsp3) is 0.542. The predicted octanol–water partition coefficient (Wildman–Crippen LogP) is 3.74. The molecule has 8 heteroatoms. The molecule has 1 amide bonds. The van der Waals surface area contributed by atoms with E-state index in [9.17, 15) is 9.59 Å². The number of ether oxygens (including phenoxy) is 2. The maximum Gasteiger partial charge on any atom is 0.339 e. The van der Waals surface area contributed by atoms with Crippen LogP contribution in [0.3, 0.4) is 0 Å². The Labute approximate surface area is 193 Å². The molecule has 4 rings (SSSR count). The fourth-order valence-electron chi connectivity index (χ4n) is 4.63. The second-order valence-electron chi connectivity index (χ2n) is 8.78. The fourth-order valence-corrected chi connectivity index (χ4v) is 4.95. The maximum absolute atomic E-state index is 12.9. The first-order chi connectivity index (χ1) is 15.4. The van der Waals surface area contributed by atoms with Gasteiger partial charge in [0.25, 0.3) is 5.91 Å². The quantitative estimate of drug-likeness (QED) is 0.525. The van der Waals surface area contributed by atoms with Crippen LogP contribution in [0, 0.1) is 12.3 Å². The molecule has 0 bridgehead atoms. The van der Waals surface area contributed by atoms with Crippen LogP contribution >= 0.6 is 11.6 Å². The first kappa shape index (κ1) is 22.8. The van der Waals surface area contributed by atoms with Gasteiger partial charge in [-0.15, -0.1) is 0 Å². The lowest BCUT2D eigenvalue weighted by molar-refractivity contribution is 0.0160. The van der Waals surface area contributed by atoms with Crippen molar-refractivity contribution in [2.24, 2.45) is 5.41 Å². The van der Waals surface area contributed by atoms with Gasteiger partial charge in [-0.3, -0.25) is 9.48 Å². The van der Waals surface area contributed by atoms with E-state index in [1.54, 1.807) is 16.8 Å². The highest BCUT2D eigenvalue weighted by Gasteiger charge is 2.39. The number of benzene rings is 1. The minimum atomic E-state index is -0.423. The zero-order chi connectivity index (χ0) is 22.7. The summed E-state index contributed by atoms with van der Waals surface area (Å²) >= 11 is 6.17. The van der Waals surface area contributed by atoms with Crippen molar-refractivity contribution < 1.29 is 19.1 Å². The zero-order valence-corrected chi connectivity index (χ0v) is 19.5. The zero-order valence-electron chi connectivity index (χ0n) is 18.7. The number of aromatic nitrogens is 2. The average molecular weight is 460 g/mol. The van der Waals surface area contributed by atoms with Crippen LogP contribution in [0.4, 0.5) is 0 Å². The second kappa shape index (κ2) is 9.63. The number of carbonyl (C=O) groups excluding carboxylic acids is 2. The lowest BCUT2D eigenvalue weighted by Gasteiger charge is -2.36. The largest absolute Gasteiger partial charge is 0.462 e. The number of carbonyl (C=O) groups is 2. The number of rotatable bonds is 6. The summed E-state index contributed by atoms with van der Waals surface area (Å²) in [6, 6.07) is 5.28. The molecule has 1 saturated heterocycles. The molecule has 3 heterocycles. The van der Waals surface area contributed by atoms with Crippen molar-refractivity contribution in [3.8, 4) is 0 Å². The predicted molar refractivity (Wildman–Crippen MR) is 121 cm³/mol. The molecular weight excluding hydrogens is 430 g/mol. The molecule has 7 nitrogen and oxygen atoms in total. The smallest absolute Gasteiger partial charge is 0.339 e. The van der Waals surface area contributed by atoms with Gasteiger partial charge < -0.3 is 14.8 Å². The molecule has 1 aromatic heterocycles. The van der Waals surface area contributed by atoms with Gasteiger partial charge in [-0.25, -0.2) is 4.79 Å². The SMILES string of the molecule is CCn1nc(CCCOC(=O)c2ccc(C)cc2Cl)c2c1C(=O)NCC1(CCOCC1)C2.